The van der Waals surface area contributed by atoms with Crippen molar-refractivity contribution in [1.29, 1.82) is 0 Å². The maximum absolute atomic E-state index is 10.9. The van der Waals surface area contributed by atoms with E-state index in [0.29, 0.717) is 11.7 Å². The molecule has 1 aliphatic rings. The molecule has 2 aromatic carbocycles. The molecule has 0 amide bonds. The van der Waals surface area contributed by atoms with Crippen LogP contribution < -0.4 is 0 Å². The molecule has 0 atom stereocenters. The van der Waals surface area contributed by atoms with Crippen molar-refractivity contribution in [1.82, 2.24) is 9.97 Å². The minimum absolute atomic E-state index is 0.471. The highest BCUT2D eigenvalue weighted by Crippen LogP contribution is 2.39. The lowest BCUT2D eigenvalue weighted by Gasteiger charge is -2.22. The van der Waals surface area contributed by atoms with Crippen LogP contribution in [-0.2, 0) is 19.3 Å². The molecule has 0 radical (unpaired) electrons. The Balaban J connectivity index is 2.12. The number of nitrogens with zero attached hydrogens (tertiary/aromatic N) is 2. The van der Waals surface area contributed by atoms with E-state index in [9.17, 15) is 5.11 Å². The highest BCUT2D eigenvalue weighted by atomic mass is 16.3. The molecule has 0 saturated heterocycles. The zero-order valence-corrected chi connectivity index (χ0v) is 13.8. The fourth-order valence-corrected chi connectivity index (χ4v) is 3.74. The Morgan fingerprint density at radius 1 is 0.957 bits per heavy atom. The maximum atomic E-state index is 10.9. The van der Waals surface area contributed by atoms with Crippen LogP contribution in [0.5, 0.6) is 5.75 Å². The number of aromatic nitrogens is 2. The van der Waals surface area contributed by atoms with Crippen LogP contribution in [0.1, 0.15) is 43.4 Å². The number of phenols is 1. The van der Waals surface area contributed by atoms with Gasteiger partial charge in [0.1, 0.15) is 5.75 Å². The van der Waals surface area contributed by atoms with Crippen LogP contribution in [0.2, 0.25) is 0 Å². The van der Waals surface area contributed by atoms with Gasteiger partial charge in [-0.25, -0.2) is 9.97 Å². The molecule has 0 saturated carbocycles. The summed E-state index contributed by atoms with van der Waals surface area (Å²) in [5.74, 6) is 0.949. The number of fused-ring (bicyclic) bond motifs is 4. The van der Waals surface area contributed by atoms with E-state index in [1.165, 1.54) is 12.0 Å². The van der Waals surface area contributed by atoms with Crippen molar-refractivity contribution in [3.05, 3.63) is 41.0 Å². The highest BCUT2D eigenvalue weighted by Gasteiger charge is 2.23. The summed E-state index contributed by atoms with van der Waals surface area (Å²) in [5.41, 5.74) is 7.06. The van der Waals surface area contributed by atoms with Crippen LogP contribution >= 0.6 is 0 Å². The van der Waals surface area contributed by atoms with Crippen LogP contribution in [0.25, 0.3) is 22.1 Å². The smallest absolute Gasteiger partial charge is 0.124 e. The van der Waals surface area contributed by atoms with Crippen molar-refractivity contribution in [2.75, 3.05) is 0 Å². The van der Waals surface area contributed by atoms with Crippen molar-refractivity contribution in [2.24, 2.45) is 5.92 Å². The van der Waals surface area contributed by atoms with Gasteiger partial charge in [0, 0.05) is 5.56 Å². The Bertz CT molecular complexity index is 899. The molecule has 118 valence electrons. The first-order valence-corrected chi connectivity index (χ1v) is 8.57. The second-order valence-electron chi connectivity index (χ2n) is 7.00. The van der Waals surface area contributed by atoms with E-state index in [-0.39, 0.29) is 0 Å². The molecular weight excluding hydrogens is 284 g/mol. The molecule has 23 heavy (non-hydrogen) atoms. The molecule has 4 rings (SSSR count). The number of phenolic OH excluding ortho intramolecular Hbond substituents is 1. The first kappa shape index (κ1) is 14.4. The zero-order valence-electron chi connectivity index (χ0n) is 13.8. The van der Waals surface area contributed by atoms with Gasteiger partial charge < -0.3 is 5.11 Å². The third kappa shape index (κ3) is 2.35. The van der Waals surface area contributed by atoms with E-state index in [0.717, 1.165) is 58.9 Å². The van der Waals surface area contributed by atoms with Gasteiger partial charge in [0.2, 0.25) is 0 Å². The summed E-state index contributed by atoms with van der Waals surface area (Å²) in [7, 11) is 0. The van der Waals surface area contributed by atoms with Crippen molar-refractivity contribution < 1.29 is 5.11 Å². The SMILES string of the molecule is CC(C)Cc1c(O)c2c(c3nc4ccccc4nc13)CCCC2. The molecule has 0 fully saturated rings. The minimum atomic E-state index is 0.471. The fraction of sp³-hybridized carbons (Fsp3) is 0.400. The Hall–Kier alpha value is -2.16. The van der Waals surface area contributed by atoms with E-state index in [4.69, 9.17) is 9.97 Å². The summed E-state index contributed by atoms with van der Waals surface area (Å²) >= 11 is 0. The van der Waals surface area contributed by atoms with Gasteiger partial charge in [0.05, 0.1) is 22.1 Å². The first-order valence-electron chi connectivity index (χ1n) is 8.57. The molecule has 3 aromatic rings. The number of aromatic hydroxyl groups is 1. The van der Waals surface area contributed by atoms with E-state index >= 15 is 0 Å². The molecule has 1 aromatic heterocycles. The van der Waals surface area contributed by atoms with Crippen molar-refractivity contribution in [3.63, 3.8) is 0 Å². The maximum Gasteiger partial charge on any atom is 0.124 e. The van der Waals surface area contributed by atoms with Crippen LogP contribution in [0.15, 0.2) is 24.3 Å². The average molecular weight is 306 g/mol. The van der Waals surface area contributed by atoms with Gasteiger partial charge in [0.15, 0.2) is 0 Å². The monoisotopic (exact) mass is 306 g/mol. The minimum Gasteiger partial charge on any atom is -0.507 e. The molecule has 1 aliphatic carbocycles. The predicted octanol–water partition coefficient (Wildman–Crippen LogP) is 4.57. The fourth-order valence-electron chi connectivity index (χ4n) is 3.74. The summed E-state index contributed by atoms with van der Waals surface area (Å²) in [5, 5.41) is 10.9. The van der Waals surface area contributed by atoms with Gasteiger partial charge >= 0.3 is 0 Å². The van der Waals surface area contributed by atoms with Crippen LogP contribution in [0.4, 0.5) is 0 Å². The van der Waals surface area contributed by atoms with Gasteiger partial charge in [-0.2, -0.15) is 0 Å². The second-order valence-corrected chi connectivity index (χ2v) is 7.00. The molecule has 3 heteroatoms. The molecular formula is C20H22N2O. The third-order valence-corrected chi connectivity index (χ3v) is 4.79. The Morgan fingerprint density at radius 3 is 2.22 bits per heavy atom. The van der Waals surface area contributed by atoms with E-state index in [1.54, 1.807) is 0 Å². The summed E-state index contributed by atoms with van der Waals surface area (Å²) in [6.45, 7) is 4.36. The lowest BCUT2D eigenvalue weighted by Crippen LogP contribution is -2.09. The number of hydrogen-bond acceptors (Lipinski definition) is 3. The molecule has 1 heterocycles. The molecule has 0 bridgehead atoms. The lowest BCUT2D eigenvalue weighted by atomic mass is 9.86. The number of hydrogen-bond donors (Lipinski definition) is 1. The normalized spacial score (nSPS) is 14.6. The number of para-hydroxylation sites is 2. The van der Waals surface area contributed by atoms with Gasteiger partial charge in [-0.3, -0.25) is 0 Å². The summed E-state index contributed by atoms with van der Waals surface area (Å²) < 4.78 is 0. The number of aryl methyl sites for hydroxylation is 1. The molecule has 0 aliphatic heterocycles. The van der Waals surface area contributed by atoms with E-state index < -0.39 is 0 Å². The quantitative estimate of drug-likeness (QED) is 0.706. The topological polar surface area (TPSA) is 46.0 Å². The van der Waals surface area contributed by atoms with Gasteiger partial charge in [-0.15, -0.1) is 0 Å². The van der Waals surface area contributed by atoms with E-state index in [2.05, 4.69) is 13.8 Å². The van der Waals surface area contributed by atoms with Crippen molar-refractivity contribution in [3.8, 4) is 5.75 Å². The summed E-state index contributed by atoms with van der Waals surface area (Å²) in [6, 6.07) is 8.01. The molecule has 3 nitrogen and oxygen atoms in total. The predicted molar refractivity (Wildman–Crippen MR) is 93.9 cm³/mol. The first-order chi connectivity index (χ1) is 11.1. The molecule has 0 spiro atoms. The van der Waals surface area contributed by atoms with Crippen LogP contribution in [0, 0.1) is 5.92 Å². The number of rotatable bonds is 2. The Labute approximate surface area is 136 Å². The highest BCUT2D eigenvalue weighted by molar-refractivity contribution is 5.92. The third-order valence-electron chi connectivity index (χ3n) is 4.79. The second kappa shape index (κ2) is 5.48. The van der Waals surface area contributed by atoms with E-state index in [1.807, 2.05) is 24.3 Å². The van der Waals surface area contributed by atoms with Gasteiger partial charge in [-0.05, 0) is 61.3 Å². The van der Waals surface area contributed by atoms with Crippen molar-refractivity contribution >= 4 is 22.1 Å². The largest absolute Gasteiger partial charge is 0.507 e. The Morgan fingerprint density at radius 2 is 1.57 bits per heavy atom. The lowest BCUT2D eigenvalue weighted by molar-refractivity contribution is 0.451. The molecule has 0 unspecified atom stereocenters. The number of benzene rings is 2. The van der Waals surface area contributed by atoms with Crippen LogP contribution in [-0.4, -0.2) is 15.1 Å². The Kier molecular flexibility index (Phi) is 3.44. The van der Waals surface area contributed by atoms with Crippen molar-refractivity contribution in [2.45, 2.75) is 46.0 Å². The summed E-state index contributed by atoms with van der Waals surface area (Å²) in [6.07, 6.45) is 5.10. The average Bonchev–Trinajstić information content (AvgIpc) is 2.57. The standard InChI is InChI=1S/C20H22N2O/c1-12(2)11-15-19-18(13-7-3-4-8-14(13)20(15)23)21-16-9-5-6-10-17(16)22-19/h5-6,9-10,12,23H,3-4,7-8,11H2,1-2H3. The van der Waals surface area contributed by atoms with Crippen LogP contribution in [0.3, 0.4) is 0 Å². The van der Waals surface area contributed by atoms with Gasteiger partial charge in [0.25, 0.3) is 0 Å². The summed E-state index contributed by atoms with van der Waals surface area (Å²) in [4.78, 5) is 9.80. The zero-order chi connectivity index (χ0) is 16.0. The molecule has 1 N–H and O–H groups in total. The van der Waals surface area contributed by atoms with Gasteiger partial charge in [-0.1, -0.05) is 26.0 Å².